The lowest BCUT2D eigenvalue weighted by molar-refractivity contribution is -0.188. The smallest absolute Gasteiger partial charge is 0.394 e. The highest BCUT2D eigenvalue weighted by Crippen LogP contribution is 2.40. The minimum atomic E-state index is -4.65. The molecule has 2 aliphatic heterocycles. The highest BCUT2D eigenvalue weighted by atomic mass is 19.4. The molecule has 0 saturated carbocycles. The number of halogens is 3. The summed E-state index contributed by atoms with van der Waals surface area (Å²) in [5.41, 5.74) is 0.798. The summed E-state index contributed by atoms with van der Waals surface area (Å²) in [5.74, 6) is -6.26. The summed E-state index contributed by atoms with van der Waals surface area (Å²) < 4.78 is 45.2. The maximum atomic E-state index is 13.2. The molecule has 0 aromatic heterocycles. The Morgan fingerprint density at radius 1 is 1.12 bits per heavy atom. The number of alkyl halides is 3. The van der Waals surface area contributed by atoms with Crippen LogP contribution in [-0.4, -0.2) is 47.8 Å². The molecule has 0 spiro atoms. The van der Waals surface area contributed by atoms with E-state index in [1.807, 2.05) is 30.3 Å². The van der Waals surface area contributed by atoms with Gasteiger partial charge in [-0.2, -0.15) is 13.2 Å². The van der Waals surface area contributed by atoms with Gasteiger partial charge in [0.25, 0.3) is 0 Å². The molecule has 8 heteroatoms. The number of carbonyl (C=O) groups excluding carboxylic acids is 1. The predicted molar refractivity (Wildman–Crippen MR) is 85.1 cm³/mol. The number of likely N-dealkylation sites (tertiary alicyclic amines) is 1. The summed E-state index contributed by atoms with van der Waals surface area (Å²) in [4.78, 5) is 25.2. The number of hydrogen-bond acceptors (Lipinski definition) is 3. The number of amides is 1. The fourth-order valence-electron chi connectivity index (χ4n) is 3.81. The molecule has 2 unspecified atom stereocenters. The van der Waals surface area contributed by atoms with Crippen LogP contribution in [0.3, 0.4) is 0 Å². The molecular formula is C18H20F3NO4. The van der Waals surface area contributed by atoms with Crippen LogP contribution in [0.1, 0.15) is 24.5 Å². The largest absolute Gasteiger partial charge is 0.481 e. The Morgan fingerprint density at radius 3 is 2.38 bits per heavy atom. The monoisotopic (exact) mass is 371 g/mol. The van der Waals surface area contributed by atoms with Gasteiger partial charge >= 0.3 is 12.1 Å². The van der Waals surface area contributed by atoms with Crippen LogP contribution in [0.25, 0.3) is 0 Å². The third-order valence-corrected chi connectivity index (χ3v) is 5.14. The van der Waals surface area contributed by atoms with Crippen molar-refractivity contribution in [3.8, 4) is 0 Å². The lowest BCUT2D eigenvalue weighted by Crippen LogP contribution is -2.40. The zero-order chi connectivity index (χ0) is 18.9. The van der Waals surface area contributed by atoms with Gasteiger partial charge in [-0.05, 0) is 18.4 Å². The topological polar surface area (TPSA) is 66.8 Å². The van der Waals surface area contributed by atoms with Crippen LogP contribution in [0.2, 0.25) is 0 Å². The Bertz CT molecular complexity index is 664. The number of rotatable bonds is 3. The van der Waals surface area contributed by atoms with Crippen molar-refractivity contribution in [1.29, 1.82) is 0 Å². The van der Waals surface area contributed by atoms with Crippen molar-refractivity contribution in [1.82, 2.24) is 4.90 Å². The fraction of sp³-hybridized carbons (Fsp3) is 0.556. The van der Waals surface area contributed by atoms with E-state index in [1.165, 1.54) is 0 Å². The highest BCUT2D eigenvalue weighted by Gasteiger charge is 2.54. The first kappa shape index (κ1) is 18.7. The zero-order valence-electron chi connectivity index (χ0n) is 14.0. The maximum Gasteiger partial charge on any atom is 0.394 e. The second-order valence-corrected chi connectivity index (χ2v) is 6.79. The Balaban J connectivity index is 1.80. The molecule has 1 aromatic carbocycles. The van der Waals surface area contributed by atoms with Gasteiger partial charge in [0.2, 0.25) is 5.91 Å². The summed E-state index contributed by atoms with van der Waals surface area (Å²) in [6.07, 6.45) is -4.03. The van der Waals surface area contributed by atoms with Crippen molar-refractivity contribution < 1.29 is 32.6 Å². The van der Waals surface area contributed by atoms with Crippen molar-refractivity contribution in [3.05, 3.63) is 35.9 Å². The molecule has 2 saturated heterocycles. The third-order valence-electron chi connectivity index (χ3n) is 5.14. The lowest BCUT2D eigenvalue weighted by atomic mass is 9.88. The van der Waals surface area contributed by atoms with E-state index in [0.717, 1.165) is 10.5 Å². The molecule has 1 amide bonds. The Labute approximate surface area is 148 Å². The normalized spacial score (nSPS) is 29.6. The molecule has 142 valence electrons. The van der Waals surface area contributed by atoms with E-state index in [2.05, 4.69) is 0 Å². The van der Waals surface area contributed by atoms with Gasteiger partial charge in [-0.25, -0.2) is 0 Å². The summed E-state index contributed by atoms with van der Waals surface area (Å²) in [6.45, 7) is -0.556. The van der Waals surface area contributed by atoms with Gasteiger partial charge in [0, 0.05) is 19.7 Å². The molecule has 5 nitrogen and oxygen atoms in total. The fourth-order valence-corrected chi connectivity index (χ4v) is 3.81. The number of benzene rings is 1. The molecular weight excluding hydrogens is 351 g/mol. The maximum absolute atomic E-state index is 13.2. The van der Waals surface area contributed by atoms with Crippen molar-refractivity contribution >= 4 is 11.9 Å². The number of carboxylic acid groups (broad SMARTS) is 1. The molecule has 4 atom stereocenters. The standard InChI is InChI=1S/C18H20F3NO4/c19-18(20,21)14-10-22(9-13(14)17(24)25)16(23)12-7-4-8-26-15(12)11-5-2-1-3-6-11/h1-3,5-6,12-15H,4,7-10H2,(H,24,25)/t12?,13-,14-,15?/m1/s1. The molecule has 2 heterocycles. The minimum absolute atomic E-state index is 0.420. The van der Waals surface area contributed by atoms with E-state index < -0.39 is 55.0 Å². The lowest BCUT2D eigenvalue weighted by Gasteiger charge is -2.33. The van der Waals surface area contributed by atoms with E-state index in [9.17, 15) is 22.8 Å². The van der Waals surface area contributed by atoms with Gasteiger partial charge in [0.15, 0.2) is 0 Å². The number of carboxylic acids is 1. The number of ether oxygens (including phenoxy) is 1. The quantitative estimate of drug-likeness (QED) is 0.887. The van der Waals surface area contributed by atoms with Crippen LogP contribution >= 0.6 is 0 Å². The molecule has 1 N–H and O–H groups in total. The van der Waals surface area contributed by atoms with Gasteiger partial charge in [-0.15, -0.1) is 0 Å². The average Bonchev–Trinajstić information content (AvgIpc) is 3.08. The van der Waals surface area contributed by atoms with Gasteiger partial charge in [-0.1, -0.05) is 30.3 Å². The first-order valence-corrected chi connectivity index (χ1v) is 8.54. The molecule has 2 aliphatic rings. The Hall–Kier alpha value is -2.09. The molecule has 0 aliphatic carbocycles. The van der Waals surface area contributed by atoms with Crippen molar-refractivity contribution in [3.63, 3.8) is 0 Å². The second kappa shape index (κ2) is 7.26. The van der Waals surface area contributed by atoms with Gasteiger partial charge in [0.1, 0.15) is 0 Å². The van der Waals surface area contributed by atoms with E-state index in [-0.39, 0.29) is 0 Å². The van der Waals surface area contributed by atoms with E-state index in [4.69, 9.17) is 9.84 Å². The number of nitrogens with zero attached hydrogens (tertiary/aromatic N) is 1. The van der Waals surface area contributed by atoms with E-state index >= 15 is 0 Å². The van der Waals surface area contributed by atoms with Crippen LogP contribution < -0.4 is 0 Å². The van der Waals surface area contributed by atoms with Crippen LogP contribution in [-0.2, 0) is 14.3 Å². The number of aliphatic carboxylic acids is 1. The highest BCUT2D eigenvalue weighted by molar-refractivity contribution is 5.82. The molecule has 2 fully saturated rings. The molecule has 26 heavy (non-hydrogen) atoms. The Kier molecular flexibility index (Phi) is 5.22. The predicted octanol–water partition coefficient (Wildman–Crippen LogP) is 2.88. The summed E-state index contributed by atoms with van der Waals surface area (Å²) in [6, 6.07) is 9.09. The first-order chi connectivity index (χ1) is 12.3. The Morgan fingerprint density at radius 2 is 1.81 bits per heavy atom. The van der Waals surface area contributed by atoms with Crippen molar-refractivity contribution in [2.75, 3.05) is 19.7 Å². The minimum Gasteiger partial charge on any atom is -0.481 e. The van der Waals surface area contributed by atoms with Crippen LogP contribution in [0.4, 0.5) is 13.2 Å². The zero-order valence-corrected chi connectivity index (χ0v) is 14.0. The van der Waals surface area contributed by atoms with Gasteiger partial charge in [-0.3, -0.25) is 9.59 Å². The van der Waals surface area contributed by atoms with Crippen molar-refractivity contribution in [2.24, 2.45) is 17.8 Å². The summed E-state index contributed by atoms with van der Waals surface area (Å²) in [5, 5.41) is 9.12. The summed E-state index contributed by atoms with van der Waals surface area (Å²) in [7, 11) is 0. The average molecular weight is 371 g/mol. The third kappa shape index (κ3) is 3.70. The number of carbonyl (C=O) groups is 2. The molecule has 0 bridgehead atoms. The van der Waals surface area contributed by atoms with E-state index in [1.54, 1.807) is 0 Å². The van der Waals surface area contributed by atoms with Crippen LogP contribution in [0.15, 0.2) is 30.3 Å². The SMILES string of the molecule is O=C(O)[C@@H]1CN(C(=O)C2CCCOC2c2ccccc2)C[C@H]1C(F)(F)F. The first-order valence-electron chi connectivity index (χ1n) is 8.54. The van der Waals surface area contributed by atoms with Crippen LogP contribution in [0, 0.1) is 17.8 Å². The number of hydrogen-bond donors (Lipinski definition) is 1. The van der Waals surface area contributed by atoms with Gasteiger partial charge in [0.05, 0.1) is 23.9 Å². The molecule has 3 rings (SSSR count). The second-order valence-electron chi connectivity index (χ2n) is 6.79. The van der Waals surface area contributed by atoms with Gasteiger partial charge < -0.3 is 14.7 Å². The summed E-state index contributed by atoms with van der Waals surface area (Å²) >= 11 is 0. The molecule has 0 radical (unpaired) electrons. The van der Waals surface area contributed by atoms with E-state index in [0.29, 0.717) is 19.4 Å². The van der Waals surface area contributed by atoms with Crippen molar-refractivity contribution in [2.45, 2.75) is 25.1 Å². The van der Waals surface area contributed by atoms with Crippen LogP contribution in [0.5, 0.6) is 0 Å². The molecule has 1 aromatic rings.